The van der Waals surface area contributed by atoms with Gasteiger partial charge >= 0.3 is 0 Å². The molecule has 3 N–H and O–H groups in total. The summed E-state index contributed by atoms with van der Waals surface area (Å²) < 4.78 is 5.27. The van der Waals surface area contributed by atoms with Crippen LogP contribution in [0.25, 0.3) is 0 Å². The molecule has 0 radical (unpaired) electrons. The molecule has 1 atom stereocenters. The first-order chi connectivity index (χ1) is 13.4. The van der Waals surface area contributed by atoms with Crippen LogP contribution in [0.2, 0.25) is 0 Å². The third kappa shape index (κ3) is 3.79. The molecule has 1 amide bonds. The van der Waals surface area contributed by atoms with Crippen molar-refractivity contribution in [3.8, 4) is 5.75 Å². The van der Waals surface area contributed by atoms with E-state index in [1.165, 1.54) is 13.2 Å². The minimum atomic E-state index is -0.773. The number of thiocarbonyl (C=S) groups is 1. The molecule has 0 saturated carbocycles. The van der Waals surface area contributed by atoms with Gasteiger partial charge in [-0.1, -0.05) is 24.3 Å². The molecule has 0 aliphatic carbocycles. The molecule has 0 fully saturated rings. The minimum absolute atomic E-state index is 0.0971. The molecule has 2 aromatic carbocycles. The number of amides is 1. The van der Waals surface area contributed by atoms with E-state index in [1.54, 1.807) is 49.4 Å². The Labute approximate surface area is 166 Å². The van der Waals surface area contributed by atoms with Gasteiger partial charge in [0.1, 0.15) is 5.75 Å². The summed E-state index contributed by atoms with van der Waals surface area (Å²) in [6.07, 6.45) is 0. The average Bonchev–Trinajstić information content (AvgIpc) is 2.67. The van der Waals surface area contributed by atoms with E-state index >= 15 is 0 Å². The SMILES string of the molecule is COc1ccccc1NC(=O)C1=C(C)NC(=S)N[C@@H]1c1ccccc1[N+](=O)[O-]. The second-order valence-electron chi connectivity index (χ2n) is 6.04. The second kappa shape index (κ2) is 8.05. The van der Waals surface area contributed by atoms with Crippen LogP contribution in [0.1, 0.15) is 18.5 Å². The number of ether oxygens (including phenoxy) is 1. The highest BCUT2D eigenvalue weighted by molar-refractivity contribution is 7.80. The molecule has 1 aliphatic heterocycles. The Morgan fingerprint density at radius 2 is 1.89 bits per heavy atom. The van der Waals surface area contributed by atoms with Gasteiger partial charge in [0.2, 0.25) is 0 Å². The van der Waals surface area contributed by atoms with Crippen molar-refractivity contribution in [1.82, 2.24) is 10.6 Å². The molecule has 9 heteroatoms. The zero-order chi connectivity index (χ0) is 20.3. The summed E-state index contributed by atoms with van der Waals surface area (Å²) in [4.78, 5) is 24.1. The van der Waals surface area contributed by atoms with Crippen LogP contribution in [-0.4, -0.2) is 23.1 Å². The van der Waals surface area contributed by atoms with Gasteiger partial charge in [-0.25, -0.2) is 0 Å². The number of anilines is 1. The van der Waals surface area contributed by atoms with E-state index in [0.717, 1.165) is 0 Å². The Morgan fingerprint density at radius 1 is 1.21 bits per heavy atom. The Hall–Kier alpha value is -3.46. The van der Waals surface area contributed by atoms with Crippen molar-refractivity contribution in [2.45, 2.75) is 13.0 Å². The molecule has 0 spiro atoms. The molecule has 8 nitrogen and oxygen atoms in total. The standard InChI is InChI=1S/C19H18N4O4S/c1-11-16(18(24)21-13-8-4-6-10-15(13)27-2)17(22-19(28)20-11)12-7-3-5-9-14(12)23(25)26/h3-10,17H,1-2H3,(H,21,24)(H2,20,22,28)/t17-/m1/s1. The first-order valence-corrected chi connectivity index (χ1v) is 8.79. The molecule has 0 aromatic heterocycles. The monoisotopic (exact) mass is 398 g/mol. The Balaban J connectivity index is 2.03. The van der Waals surface area contributed by atoms with Crippen molar-refractivity contribution < 1.29 is 14.5 Å². The predicted octanol–water partition coefficient (Wildman–Crippen LogP) is 3.03. The number of rotatable bonds is 5. The first kappa shape index (κ1) is 19.3. The lowest BCUT2D eigenvalue weighted by molar-refractivity contribution is -0.385. The van der Waals surface area contributed by atoms with Crippen molar-refractivity contribution in [1.29, 1.82) is 0 Å². The fourth-order valence-corrected chi connectivity index (χ4v) is 3.33. The number of carbonyl (C=O) groups is 1. The Kier molecular flexibility index (Phi) is 5.55. The molecule has 2 aromatic rings. The molecule has 28 heavy (non-hydrogen) atoms. The summed E-state index contributed by atoms with van der Waals surface area (Å²) in [5, 5.41) is 20.5. The first-order valence-electron chi connectivity index (χ1n) is 8.38. The lowest BCUT2D eigenvalue weighted by Crippen LogP contribution is -2.46. The van der Waals surface area contributed by atoms with Gasteiger partial charge in [0.05, 0.1) is 34.9 Å². The summed E-state index contributed by atoms with van der Waals surface area (Å²) in [6, 6.07) is 12.5. The van der Waals surface area contributed by atoms with Crippen LogP contribution in [0.5, 0.6) is 5.75 Å². The molecule has 1 heterocycles. The molecule has 3 rings (SSSR count). The van der Waals surface area contributed by atoms with Crippen LogP contribution in [0.3, 0.4) is 0 Å². The average molecular weight is 398 g/mol. The second-order valence-corrected chi connectivity index (χ2v) is 6.45. The lowest BCUT2D eigenvalue weighted by Gasteiger charge is -2.30. The summed E-state index contributed by atoms with van der Waals surface area (Å²) in [6.45, 7) is 1.70. The summed E-state index contributed by atoms with van der Waals surface area (Å²) in [5.41, 5.74) is 1.55. The number of nitrogens with zero attached hydrogens (tertiary/aromatic N) is 1. The van der Waals surface area contributed by atoms with E-state index in [0.29, 0.717) is 28.3 Å². The van der Waals surface area contributed by atoms with E-state index < -0.39 is 16.9 Å². The highest BCUT2D eigenvalue weighted by Gasteiger charge is 2.34. The van der Waals surface area contributed by atoms with Crippen LogP contribution >= 0.6 is 12.2 Å². The molecule has 1 aliphatic rings. The van der Waals surface area contributed by atoms with Crippen LogP contribution in [0, 0.1) is 10.1 Å². The van der Waals surface area contributed by atoms with E-state index in [-0.39, 0.29) is 10.8 Å². The number of hydrogen-bond donors (Lipinski definition) is 3. The largest absolute Gasteiger partial charge is 0.495 e. The Bertz CT molecular complexity index is 989. The highest BCUT2D eigenvalue weighted by Crippen LogP contribution is 2.34. The van der Waals surface area contributed by atoms with E-state index in [9.17, 15) is 14.9 Å². The number of para-hydroxylation sites is 3. The normalized spacial score (nSPS) is 16.1. The fraction of sp³-hybridized carbons (Fsp3) is 0.158. The number of carbonyl (C=O) groups excluding carboxylic acids is 1. The number of hydrogen-bond acceptors (Lipinski definition) is 5. The third-order valence-corrected chi connectivity index (χ3v) is 4.53. The van der Waals surface area contributed by atoms with Gasteiger partial charge in [-0.15, -0.1) is 0 Å². The van der Waals surface area contributed by atoms with Crippen LogP contribution < -0.4 is 20.7 Å². The molecule has 144 valence electrons. The summed E-state index contributed by atoms with van der Waals surface area (Å²) in [5.74, 6) is 0.0799. The number of nitro benzene ring substituents is 1. The Morgan fingerprint density at radius 3 is 2.61 bits per heavy atom. The number of benzene rings is 2. The summed E-state index contributed by atoms with van der Waals surface area (Å²) >= 11 is 5.20. The van der Waals surface area contributed by atoms with E-state index in [1.807, 2.05) is 0 Å². The third-order valence-electron chi connectivity index (χ3n) is 4.31. The minimum Gasteiger partial charge on any atom is -0.495 e. The number of nitro groups is 1. The van der Waals surface area contributed by atoms with Gasteiger partial charge in [0, 0.05) is 11.8 Å². The topological polar surface area (TPSA) is 106 Å². The van der Waals surface area contributed by atoms with Gasteiger partial charge in [0.25, 0.3) is 11.6 Å². The quantitative estimate of drug-likeness (QED) is 0.404. The maximum absolute atomic E-state index is 13.1. The van der Waals surface area contributed by atoms with Gasteiger partial charge in [-0.2, -0.15) is 0 Å². The van der Waals surface area contributed by atoms with Crippen LogP contribution in [0.15, 0.2) is 59.8 Å². The molecular weight excluding hydrogens is 380 g/mol. The smallest absolute Gasteiger partial charge is 0.275 e. The lowest BCUT2D eigenvalue weighted by atomic mass is 9.93. The van der Waals surface area contributed by atoms with E-state index in [2.05, 4.69) is 16.0 Å². The van der Waals surface area contributed by atoms with Crippen molar-refractivity contribution in [2.24, 2.45) is 0 Å². The zero-order valence-corrected chi connectivity index (χ0v) is 16.0. The maximum atomic E-state index is 13.1. The summed E-state index contributed by atoms with van der Waals surface area (Å²) in [7, 11) is 1.51. The number of allylic oxidation sites excluding steroid dienone is 1. The predicted molar refractivity (Wildman–Crippen MR) is 109 cm³/mol. The fourth-order valence-electron chi connectivity index (χ4n) is 3.06. The molecular formula is C19H18N4O4S. The van der Waals surface area contributed by atoms with Crippen molar-refractivity contribution in [2.75, 3.05) is 12.4 Å². The van der Waals surface area contributed by atoms with Crippen LogP contribution in [-0.2, 0) is 4.79 Å². The van der Waals surface area contributed by atoms with Gasteiger partial charge in [-0.3, -0.25) is 14.9 Å². The molecule has 0 unspecified atom stereocenters. The number of methoxy groups -OCH3 is 1. The number of nitrogens with one attached hydrogen (secondary N) is 3. The van der Waals surface area contributed by atoms with Crippen molar-refractivity contribution >= 4 is 34.6 Å². The van der Waals surface area contributed by atoms with Gasteiger partial charge in [0.15, 0.2) is 5.11 Å². The maximum Gasteiger partial charge on any atom is 0.275 e. The molecule has 0 saturated heterocycles. The van der Waals surface area contributed by atoms with Crippen molar-refractivity contribution in [3.05, 3.63) is 75.5 Å². The highest BCUT2D eigenvalue weighted by atomic mass is 32.1. The molecule has 0 bridgehead atoms. The van der Waals surface area contributed by atoms with Crippen LogP contribution in [0.4, 0.5) is 11.4 Å². The van der Waals surface area contributed by atoms with Gasteiger partial charge in [-0.05, 0) is 37.3 Å². The van der Waals surface area contributed by atoms with Crippen molar-refractivity contribution in [3.63, 3.8) is 0 Å². The van der Waals surface area contributed by atoms with Gasteiger partial charge < -0.3 is 20.7 Å². The zero-order valence-electron chi connectivity index (χ0n) is 15.2. The van der Waals surface area contributed by atoms with E-state index in [4.69, 9.17) is 17.0 Å².